The van der Waals surface area contributed by atoms with Gasteiger partial charge in [0.2, 0.25) is 0 Å². The second-order valence-corrected chi connectivity index (χ2v) is 5.07. The molecule has 0 heterocycles. The van der Waals surface area contributed by atoms with Gasteiger partial charge in [-0.2, -0.15) is 0 Å². The summed E-state index contributed by atoms with van der Waals surface area (Å²) >= 11 is 3.35. The summed E-state index contributed by atoms with van der Waals surface area (Å²) in [6, 6.07) is 11.1. The Kier molecular flexibility index (Phi) is 4.36. The van der Waals surface area contributed by atoms with Crippen LogP contribution in [0.5, 0.6) is 11.5 Å². The number of nitrogens with zero attached hydrogens (tertiary/aromatic N) is 1. The molecule has 5 nitrogen and oxygen atoms in total. The summed E-state index contributed by atoms with van der Waals surface area (Å²) in [4.78, 5) is 10.2. The van der Waals surface area contributed by atoms with Gasteiger partial charge in [0.05, 0.1) is 17.1 Å². The molecule has 2 aromatic rings. The van der Waals surface area contributed by atoms with E-state index >= 15 is 0 Å². The lowest BCUT2D eigenvalue weighted by atomic mass is 10.1. The van der Waals surface area contributed by atoms with Crippen LogP contribution < -0.4 is 4.74 Å². The summed E-state index contributed by atoms with van der Waals surface area (Å²) < 4.78 is 6.29. The normalized spacial score (nSPS) is 11.9. The van der Waals surface area contributed by atoms with Gasteiger partial charge >= 0.3 is 0 Å². The first kappa shape index (κ1) is 14.5. The van der Waals surface area contributed by atoms with Crippen molar-refractivity contribution in [3.05, 3.63) is 62.6 Å². The van der Waals surface area contributed by atoms with E-state index in [4.69, 9.17) is 4.74 Å². The molecular weight excluding hydrogens is 326 g/mol. The molecule has 20 heavy (non-hydrogen) atoms. The predicted octanol–water partition coefficient (Wildman–Crippen LogP) is 4.20. The van der Waals surface area contributed by atoms with E-state index in [1.165, 1.54) is 12.1 Å². The summed E-state index contributed by atoms with van der Waals surface area (Å²) in [6.45, 7) is 1.67. The zero-order valence-electron chi connectivity index (χ0n) is 10.6. The third-order valence-electron chi connectivity index (χ3n) is 2.69. The van der Waals surface area contributed by atoms with E-state index in [9.17, 15) is 15.2 Å². The van der Waals surface area contributed by atoms with Crippen LogP contribution in [0.25, 0.3) is 0 Å². The van der Waals surface area contributed by atoms with Crippen LogP contribution in [0, 0.1) is 10.1 Å². The number of hydrogen-bond acceptors (Lipinski definition) is 4. The van der Waals surface area contributed by atoms with E-state index in [1.807, 2.05) is 0 Å². The van der Waals surface area contributed by atoms with Crippen molar-refractivity contribution >= 4 is 21.6 Å². The third kappa shape index (κ3) is 3.34. The van der Waals surface area contributed by atoms with Gasteiger partial charge in [-0.05, 0) is 30.7 Å². The number of nitro groups is 1. The van der Waals surface area contributed by atoms with Crippen LogP contribution in [-0.2, 0) is 0 Å². The Morgan fingerprint density at radius 1 is 1.25 bits per heavy atom. The first-order chi connectivity index (χ1) is 9.47. The van der Waals surface area contributed by atoms with Crippen molar-refractivity contribution < 1.29 is 14.8 Å². The first-order valence-corrected chi connectivity index (χ1v) is 6.66. The summed E-state index contributed by atoms with van der Waals surface area (Å²) in [6.07, 6.45) is -0.587. The molecule has 0 aliphatic carbocycles. The van der Waals surface area contributed by atoms with Crippen LogP contribution in [0.15, 0.2) is 46.9 Å². The molecule has 0 spiro atoms. The molecule has 1 N–H and O–H groups in total. The topological polar surface area (TPSA) is 72.6 Å². The standard InChI is InChI=1S/C14H12BrNO4/c1-9(17)13-6-5-12(8-14(13)15)20-11-4-2-3-10(7-11)16(18)19/h2-9,17H,1H3. The number of non-ortho nitro benzene ring substituents is 1. The minimum atomic E-state index is -0.587. The molecule has 0 aliphatic heterocycles. The molecule has 104 valence electrons. The van der Waals surface area contributed by atoms with Gasteiger partial charge in [0.25, 0.3) is 5.69 Å². The number of ether oxygens (including phenoxy) is 1. The Morgan fingerprint density at radius 3 is 2.55 bits per heavy atom. The maximum Gasteiger partial charge on any atom is 0.273 e. The fourth-order valence-electron chi connectivity index (χ4n) is 1.71. The highest BCUT2D eigenvalue weighted by atomic mass is 79.9. The Hall–Kier alpha value is -1.92. The summed E-state index contributed by atoms with van der Waals surface area (Å²) in [5.74, 6) is 0.915. The van der Waals surface area contributed by atoms with E-state index in [1.54, 1.807) is 37.3 Å². The number of benzene rings is 2. The van der Waals surface area contributed by atoms with Crippen LogP contribution in [0.2, 0.25) is 0 Å². The highest BCUT2D eigenvalue weighted by molar-refractivity contribution is 9.10. The van der Waals surface area contributed by atoms with Crippen molar-refractivity contribution in [3.63, 3.8) is 0 Å². The molecule has 0 amide bonds. The second kappa shape index (κ2) is 6.02. The van der Waals surface area contributed by atoms with Crippen molar-refractivity contribution in [1.82, 2.24) is 0 Å². The molecule has 2 rings (SSSR count). The number of nitro benzene ring substituents is 1. The maximum absolute atomic E-state index is 10.7. The quantitative estimate of drug-likeness (QED) is 0.670. The number of rotatable bonds is 4. The van der Waals surface area contributed by atoms with Gasteiger partial charge in [0.15, 0.2) is 0 Å². The molecule has 0 saturated heterocycles. The summed E-state index contributed by atoms with van der Waals surface area (Å²) in [7, 11) is 0. The Morgan fingerprint density at radius 2 is 1.95 bits per heavy atom. The largest absolute Gasteiger partial charge is 0.457 e. The fourth-order valence-corrected chi connectivity index (χ4v) is 2.40. The lowest BCUT2D eigenvalue weighted by Crippen LogP contribution is -1.93. The molecule has 1 atom stereocenters. The molecule has 0 aromatic heterocycles. The minimum Gasteiger partial charge on any atom is -0.457 e. The molecular formula is C14H12BrNO4. The molecule has 0 fully saturated rings. The second-order valence-electron chi connectivity index (χ2n) is 4.22. The fraction of sp³-hybridized carbons (Fsp3) is 0.143. The molecule has 6 heteroatoms. The number of aliphatic hydroxyl groups is 1. The van der Waals surface area contributed by atoms with Gasteiger partial charge in [0.1, 0.15) is 11.5 Å². The van der Waals surface area contributed by atoms with Crippen LogP contribution >= 0.6 is 15.9 Å². The van der Waals surface area contributed by atoms with Crippen LogP contribution in [0.1, 0.15) is 18.6 Å². The summed E-state index contributed by atoms with van der Waals surface area (Å²) in [5, 5.41) is 20.2. The number of aliphatic hydroxyl groups excluding tert-OH is 1. The molecule has 0 saturated carbocycles. The van der Waals surface area contributed by atoms with E-state index in [-0.39, 0.29) is 5.69 Å². The molecule has 0 bridgehead atoms. The minimum absolute atomic E-state index is 0.0258. The van der Waals surface area contributed by atoms with Gasteiger partial charge in [0, 0.05) is 10.5 Å². The monoisotopic (exact) mass is 337 g/mol. The average Bonchev–Trinajstić information content (AvgIpc) is 2.38. The average molecular weight is 338 g/mol. The SMILES string of the molecule is CC(O)c1ccc(Oc2cccc([N+](=O)[O-])c2)cc1Br. The Bertz CT molecular complexity index is 643. The van der Waals surface area contributed by atoms with E-state index in [2.05, 4.69) is 15.9 Å². The predicted molar refractivity (Wildman–Crippen MR) is 77.9 cm³/mol. The van der Waals surface area contributed by atoms with Crippen molar-refractivity contribution in [3.8, 4) is 11.5 Å². The zero-order valence-corrected chi connectivity index (χ0v) is 12.2. The summed E-state index contributed by atoms with van der Waals surface area (Å²) in [5.41, 5.74) is 0.721. The smallest absolute Gasteiger partial charge is 0.273 e. The number of hydrogen-bond donors (Lipinski definition) is 1. The third-order valence-corrected chi connectivity index (χ3v) is 3.37. The first-order valence-electron chi connectivity index (χ1n) is 5.87. The molecule has 2 aromatic carbocycles. The number of halogens is 1. The molecule has 0 radical (unpaired) electrons. The van der Waals surface area contributed by atoms with E-state index < -0.39 is 11.0 Å². The maximum atomic E-state index is 10.7. The van der Waals surface area contributed by atoms with E-state index in [0.29, 0.717) is 11.5 Å². The van der Waals surface area contributed by atoms with Gasteiger partial charge in [-0.25, -0.2) is 0 Å². The van der Waals surface area contributed by atoms with Crippen LogP contribution in [0.4, 0.5) is 5.69 Å². The van der Waals surface area contributed by atoms with Crippen molar-refractivity contribution in [1.29, 1.82) is 0 Å². The van der Waals surface area contributed by atoms with Gasteiger partial charge in [-0.15, -0.1) is 0 Å². The highest BCUT2D eigenvalue weighted by Crippen LogP contribution is 2.31. The Labute approximate surface area is 124 Å². The van der Waals surface area contributed by atoms with Gasteiger partial charge in [-0.1, -0.05) is 28.1 Å². The molecule has 0 aliphatic rings. The lowest BCUT2D eigenvalue weighted by Gasteiger charge is -2.10. The van der Waals surface area contributed by atoms with Crippen molar-refractivity contribution in [2.24, 2.45) is 0 Å². The highest BCUT2D eigenvalue weighted by Gasteiger charge is 2.10. The van der Waals surface area contributed by atoms with Gasteiger partial charge in [-0.3, -0.25) is 10.1 Å². The van der Waals surface area contributed by atoms with Crippen LogP contribution in [-0.4, -0.2) is 10.0 Å². The van der Waals surface area contributed by atoms with Gasteiger partial charge < -0.3 is 9.84 Å². The zero-order chi connectivity index (χ0) is 14.7. The molecule has 1 unspecified atom stereocenters. The van der Waals surface area contributed by atoms with E-state index in [0.717, 1.165) is 10.0 Å². The van der Waals surface area contributed by atoms with Crippen molar-refractivity contribution in [2.45, 2.75) is 13.0 Å². The Balaban J connectivity index is 2.24. The van der Waals surface area contributed by atoms with Crippen LogP contribution in [0.3, 0.4) is 0 Å². The van der Waals surface area contributed by atoms with Crippen molar-refractivity contribution in [2.75, 3.05) is 0 Å². The lowest BCUT2D eigenvalue weighted by molar-refractivity contribution is -0.384.